The van der Waals surface area contributed by atoms with Gasteiger partial charge in [0.1, 0.15) is 4.21 Å². The van der Waals surface area contributed by atoms with Gasteiger partial charge in [-0.25, -0.2) is 8.42 Å². The number of hydrogen-bond acceptors (Lipinski definition) is 6. The van der Waals surface area contributed by atoms with Crippen LogP contribution in [-0.2, 0) is 19.3 Å². The third-order valence-corrected chi connectivity index (χ3v) is 7.49. The van der Waals surface area contributed by atoms with E-state index in [-0.39, 0.29) is 6.04 Å². The van der Waals surface area contributed by atoms with Gasteiger partial charge in [0.05, 0.1) is 18.5 Å². The summed E-state index contributed by atoms with van der Waals surface area (Å²) in [5, 5.41) is 1.14. The highest BCUT2D eigenvalue weighted by molar-refractivity contribution is 7.94. The second kappa shape index (κ2) is 4.82. The van der Waals surface area contributed by atoms with Gasteiger partial charge in [-0.05, 0) is 17.9 Å². The maximum Gasteiger partial charge on any atom is 0.192 e. The van der Waals surface area contributed by atoms with E-state index >= 15 is 0 Å². The van der Waals surface area contributed by atoms with E-state index in [9.17, 15) is 8.42 Å². The Kier molecular flexibility index (Phi) is 3.43. The van der Waals surface area contributed by atoms with Crippen molar-refractivity contribution in [2.75, 3.05) is 13.2 Å². The summed E-state index contributed by atoms with van der Waals surface area (Å²) in [5.74, 6) is -0.731. The van der Waals surface area contributed by atoms with Crippen LogP contribution in [-0.4, -0.2) is 38.7 Å². The van der Waals surface area contributed by atoms with Crippen LogP contribution in [0.2, 0.25) is 0 Å². The fourth-order valence-corrected chi connectivity index (χ4v) is 5.96. The van der Waals surface area contributed by atoms with Gasteiger partial charge in [0.15, 0.2) is 15.6 Å². The normalized spacial score (nSPS) is 30.8. The average molecular weight is 303 g/mol. The lowest BCUT2D eigenvalue weighted by molar-refractivity contribution is -0.177. The Morgan fingerprint density at radius 3 is 2.74 bits per heavy atom. The van der Waals surface area contributed by atoms with Crippen LogP contribution in [0, 0.1) is 0 Å². The number of rotatable bonds is 2. The Balaban J connectivity index is 1.90. The van der Waals surface area contributed by atoms with Crippen molar-refractivity contribution in [1.82, 2.24) is 0 Å². The molecule has 0 radical (unpaired) electrons. The summed E-state index contributed by atoms with van der Waals surface area (Å²) in [6.07, 6.45) is 1.61. The second-order valence-electron chi connectivity index (χ2n) is 5.03. The Hall–Kier alpha value is -0.470. The molecule has 2 aliphatic rings. The molecule has 7 heteroatoms. The zero-order chi connectivity index (χ0) is 13.5. The summed E-state index contributed by atoms with van der Waals surface area (Å²) in [4.78, 5) is 0. The van der Waals surface area contributed by atoms with Gasteiger partial charge < -0.3 is 15.2 Å². The molecule has 1 aliphatic carbocycles. The topological polar surface area (TPSA) is 78.6 Å². The molecular formula is C12H17NO4S2. The van der Waals surface area contributed by atoms with Crippen LogP contribution in [0.3, 0.4) is 0 Å². The van der Waals surface area contributed by atoms with Crippen LogP contribution in [0.1, 0.15) is 19.3 Å². The standard InChI is InChI=1S/C12H17NO4S2/c13-9-3-4-12(16-5-6-17-12)8-10(9)19(14,15)11-2-1-7-18-11/h1-2,7,9-10H,3-6,8,13H2. The molecule has 1 saturated carbocycles. The van der Waals surface area contributed by atoms with Gasteiger partial charge in [-0.1, -0.05) is 6.07 Å². The number of nitrogens with two attached hydrogens (primary N) is 1. The molecule has 1 aliphatic heterocycles. The maximum absolute atomic E-state index is 12.6. The van der Waals surface area contributed by atoms with E-state index in [2.05, 4.69) is 0 Å². The number of thiophene rings is 1. The second-order valence-corrected chi connectivity index (χ2v) is 8.37. The fourth-order valence-electron chi connectivity index (χ4n) is 2.81. The molecule has 2 unspecified atom stereocenters. The first-order chi connectivity index (χ1) is 9.04. The van der Waals surface area contributed by atoms with Crippen LogP contribution in [0.15, 0.2) is 21.7 Å². The van der Waals surface area contributed by atoms with Crippen molar-refractivity contribution in [3.8, 4) is 0 Å². The quantitative estimate of drug-likeness (QED) is 0.886. The molecule has 2 fully saturated rings. The van der Waals surface area contributed by atoms with Gasteiger partial charge in [-0.15, -0.1) is 11.3 Å². The monoisotopic (exact) mass is 303 g/mol. The zero-order valence-corrected chi connectivity index (χ0v) is 12.1. The minimum atomic E-state index is -3.40. The summed E-state index contributed by atoms with van der Waals surface area (Å²) in [5.41, 5.74) is 6.04. The zero-order valence-electron chi connectivity index (χ0n) is 10.4. The lowest BCUT2D eigenvalue weighted by atomic mass is 9.90. The molecule has 0 amide bonds. The molecule has 106 valence electrons. The largest absolute Gasteiger partial charge is 0.347 e. The van der Waals surface area contributed by atoms with Crippen LogP contribution in [0.5, 0.6) is 0 Å². The molecule has 3 rings (SSSR count). The van der Waals surface area contributed by atoms with Gasteiger partial charge in [-0.2, -0.15) is 0 Å². The van der Waals surface area contributed by atoms with Gasteiger partial charge in [0.2, 0.25) is 0 Å². The van der Waals surface area contributed by atoms with Gasteiger partial charge in [0.25, 0.3) is 0 Å². The third kappa shape index (κ3) is 2.34. The van der Waals surface area contributed by atoms with Crippen molar-refractivity contribution in [3.05, 3.63) is 17.5 Å². The van der Waals surface area contributed by atoms with Gasteiger partial charge >= 0.3 is 0 Å². The summed E-state index contributed by atoms with van der Waals surface area (Å²) < 4.78 is 36.9. The summed E-state index contributed by atoms with van der Waals surface area (Å²) in [6.45, 7) is 1.06. The first-order valence-electron chi connectivity index (χ1n) is 6.34. The van der Waals surface area contributed by atoms with Crippen molar-refractivity contribution < 1.29 is 17.9 Å². The van der Waals surface area contributed by atoms with Crippen molar-refractivity contribution in [3.63, 3.8) is 0 Å². The Bertz CT molecular complexity index is 534. The SMILES string of the molecule is NC1CCC2(CC1S(=O)(=O)c1cccs1)OCCO2. The van der Waals surface area contributed by atoms with E-state index in [1.54, 1.807) is 17.5 Å². The molecule has 1 aromatic heterocycles. The predicted molar refractivity (Wildman–Crippen MR) is 71.8 cm³/mol. The lowest BCUT2D eigenvalue weighted by Gasteiger charge is -2.38. The van der Waals surface area contributed by atoms with Crippen LogP contribution in [0.25, 0.3) is 0 Å². The summed E-state index contributed by atoms with van der Waals surface area (Å²) in [6, 6.07) is 3.01. The smallest absolute Gasteiger partial charge is 0.192 e. The minimum absolute atomic E-state index is 0.328. The van der Waals surface area contributed by atoms with E-state index in [1.807, 2.05) is 0 Å². The van der Waals surface area contributed by atoms with E-state index in [0.29, 0.717) is 36.7 Å². The molecule has 2 heterocycles. The van der Waals surface area contributed by atoms with Gasteiger partial charge in [0, 0.05) is 18.9 Å². The van der Waals surface area contributed by atoms with Crippen molar-refractivity contribution in [2.24, 2.45) is 5.73 Å². The van der Waals surface area contributed by atoms with Crippen LogP contribution in [0.4, 0.5) is 0 Å². The summed E-state index contributed by atoms with van der Waals surface area (Å²) in [7, 11) is -3.40. The van der Waals surface area contributed by atoms with Crippen molar-refractivity contribution >= 4 is 21.2 Å². The average Bonchev–Trinajstić information content (AvgIpc) is 3.05. The molecule has 2 atom stereocenters. The maximum atomic E-state index is 12.6. The molecule has 0 bridgehead atoms. The summed E-state index contributed by atoms with van der Waals surface area (Å²) >= 11 is 1.23. The molecule has 0 aromatic carbocycles. The lowest BCUT2D eigenvalue weighted by Crippen LogP contribution is -2.52. The van der Waals surface area contributed by atoms with Crippen molar-refractivity contribution in [1.29, 1.82) is 0 Å². The highest BCUT2D eigenvalue weighted by atomic mass is 32.2. The Morgan fingerprint density at radius 1 is 1.37 bits per heavy atom. The third-order valence-electron chi connectivity index (χ3n) is 3.84. The first-order valence-corrected chi connectivity index (χ1v) is 8.77. The predicted octanol–water partition coefficient (Wildman–Crippen LogP) is 1.14. The van der Waals surface area contributed by atoms with Crippen LogP contribution < -0.4 is 5.73 Å². The molecule has 1 spiro atoms. The van der Waals surface area contributed by atoms with E-state index in [4.69, 9.17) is 15.2 Å². The minimum Gasteiger partial charge on any atom is -0.347 e. The van der Waals surface area contributed by atoms with Crippen molar-refractivity contribution in [2.45, 2.75) is 40.6 Å². The Labute approximate surface area is 116 Å². The molecule has 2 N–H and O–H groups in total. The number of hydrogen-bond donors (Lipinski definition) is 1. The Morgan fingerprint density at radius 2 is 2.11 bits per heavy atom. The van der Waals surface area contributed by atoms with Gasteiger partial charge in [-0.3, -0.25) is 0 Å². The molecule has 1 aromatic rings. The van der Waals surface area contributed by atoms with E-state index in [0.717, 1.165) is 0 Å². The molecule has 5 nitrogen and oxygen atoms in total. The first kappa shape index (κ1) is 13.5. The van der Waals surface area contributed by atoms with E-state index < -0.39 is 20.9 Å². The molecule has 1 saturated heterocycles. The highest BCUT2D eigenvalue weighted by Gasteiger charge is 2.49. The number of ether oxygens (including phenoxy) is 2. The van der Waals surface area contributed by atoms with Crippen LogP contribution >= 0.6 is 11.3 Å². The molecule has 19 heavy (non-hydrogen) atoms. The van der Waals surface area contributed by atoms with E-state index in [1.165, 1.54) is 11.3 Å². The fraction of sp³-hybridized carbons (Fsp3) is 0.667. The highest BCUT2D eigenvalue weighted by Crippen LogP contribution is 2.40. The molecular weight excluding hydrogens is 286 g/mol. The number of sulfone groups is 1.